The largest absolute Gasteiger partial charge is 0.349 e. The maximum atomic E-state index is 12.9. The molecule has 3 amide bonds. The molecule has 2 aromatic rings. The lowest BCUT2D eigenvalue weighted by Crippen LogP contribution is -2.49. The van der Waals surface area contributed by atoms with Gasteiger partial charge in [0.2, 0.25) is 5.91 Å². The van der Waals surface area contributed by atoms with E-state index in [0.717, 1.165) is 5.56 Å². The lowest BCUT2D eigenvalue weighted by Gasteiger charge is -2.22. The van der Waals surface area contributed by atoms with Crippen molar-refractivity contribution < 1.29 is 19.1 Å². The van der Waals surface area contributed by atoms with E-state index in [1.54, 1.807) is 26.2 Å². The van der Waals surface area contributed by atoms with E-state index in [9.17, 15) is 14.4 Å². The normalized spacial score (nSPS) is 18.0. The highest BCUT2D eigenvalue weighted by molar-refractivity contribution is 6.03. The number of hydrogen-bond acceptors (Lipinski definition) is 5. The molecule has 3 rings (SSSR count). The first-order valence-corrected chi connectivity index (χ1v) is 10.2. The molecule has 164 valence electrons. The number of ether oxygens (including phenoxy) is 1. The molecular weight excluding hydrogens is 396 g/mol. The number of anilines is 1. The van der Waals surface area contributed by atoms with E-state index in [-0.39, 0.29) is 18.4 Å². The average Bonchev–Trinajstić information content (AvgIpc) is 3.58. The van der Waals surface area contributed by atoms with Crippen LogP contribution in [0.3, 0.4) is 0 Å². The molecule has 0 radical (unpaired) electrons. The summed E-state index contributed by atoms with van der Waals surface area (Å²) in [5, 5.41) is 2.75. The first kappa shape index (κ1) is 22.5. The van der Waals surface area contributed by atoms with Crippen LogP contribution in [0.5, 0.6) is 0 Å². The Kier molecular flexibility index (Phi) is 7.38. The zero-order chi connectivity index (χ0) is 22.4. The van der Waals surface area contributed by atoms with E-state index in [2.05, 4.69) is 5.32 Å². The smallest absolute Gasteiger partial charge is 0.259 e. The Morgan fingerprint density at radius 1 is 1.00 bits per heavy atom. The summed E-state index contributed by atoms with van der Waals surface area (Å²) in [5.41, 5.74) is 7.28. The summed E-state index contributed by atoms with van der Waals surface area (Å²) >= 11 is 0. The van der Waals surface area contributed by atoms with Crippen LogP contribution < -0.4 is 16.0 Å². The fourth-order valence-corrected chi connectivity index (χ4v) is 3.37. The summed E-state index contributed by atoms with van der Waals surface area (Å²) < 4.78 is 5.41. The highest BCUT2D eigenvalue weighted by atomic mass is 16.6. The Morgan fingerprint density at radius 3 is 2.19 bits per heavy atom. The molecule has 3 N–H and O–H groups in total. The molecule has 3 atom stereocenters. The molecular formula is C23H28N4O4. The molecule has 1 fully saturated rings. The van der Waals surface area contributed by atoms with Gasteiger partial charge in [0.25, 0.3) is 11.8 Å². The van der Waals surface area contributed by atoms with Crippen LogP contribution in [-0.4, -0.2) is 68.1 Å². The number of benzene rings is 2. The predicted molar refractivity (Wildman–Crippen MR) is 117 cm³/mol. The second-order valence-electron chi connectivity index (χ2n) is 7.57. The van der Waals surface area contributed by atoms with Gasteiger partial charge in [0.1, 0.15) is 6.04 Å². The molecule has 0 bridgehead atoms. The molecule has 2 aromatic carbocycles. The van der Waals surface area contributed by atoms with Gasteiger partial charge in [0.15, 0.2) is 12.2 Å². The van der Waals surface area contributed by atoms with Crippen LogP contribution >= 0.6 is 0 Å². The fourth-order valence-electron chi connectivity index (χ4n) is 3.37. The molecule has 1 aliphatic rings. The number of nitrogens with one attached hydrogen (secondary N) is 1. The zero-order valence-corrected chi connectivity index (χ0v) is 17.7. The van der Waals surface area contributed by atoms with Crippen molar-refractivity contribution in [3.63, 3.8) is 0 Å². The van der Waals surface area contributed by atoms with Gasteiger partial charge in [-0.1, -0.05) is 48.5 Å². The maximum Gasteiger partial charge on any atom is 0.259 e. The number of hydrogen-bond donors (Lipinski definition) is 2. The van der Waals surface area contributed by atoms with Gasteiger partial charge in [-0.3, -0.25) is 14.4 Å². The quantitative estimate of drug-likeness (QED) is 0.572. The zero-order valence-electron chi connectivity index (χ0n) is 17.7. The number of para-hydroxylation sites is 1. The van der Waals surface area contributed by atoms with Crippen molar-refractivity contribution in [1.82, 2.24) is 10.2 Å². The van der Waals surface area contributed by atoms with E-state index in [1.807, 2.05) is 48.5 Å². The Balaban J connectivity index is 1.66. The van der Waals surface area contributed by atoms with Crippen LogP contribution in [0.15, 0.2) is 60.7 Å². The Morgan fingerprint density at radius 2 is 1.61 bits per heavy atom. The van der Waals surface area contributed by atoms with Crippen LogP contribution in [0.2, 0.25) is 0 Å². The molecule has 0 aromatic heterocycles. The summed E-state index contributed by atoms with van der Waals surface area (Å²) in [6.45, 7) is 0.591. The molecule has 1 aliphatic heterocycles. The van der Waals surface area contributed by atoms with Crippen molar-refractivity contribution in [3.05, 3.63) is 66.2 Å². The summed E-state index contributed by atoms with van der Waals surface area (Å²) in [4.78, 5) is 41.2. The Labute approximate surface area is 182 Å². The van der Waals surface area contributed by atoms with Crippen LogP contribution in [0.25, 0.3) is 0 Å². The number of carbonyl (C=O) groups excluding carboxylic acids is 3. The molecule has 0 saturated carbocycles. The van der Waals surface area contributed by atoms with E-state index in [1.165, 1.54) is 9.80 Å². The van der Waals surface area contributed by atoms with Gasteiger partial charge in [0, 0.05) is 39.3 Å². The summed E-state index contributed by atoms with van der Waals surface area (Å²) in [5.74, 6) is -1.03. The second-order valence-corrected chi connectivity index (χ2v) is 7.57. The number of likely N-dealkylation sites (N-methyl/N-ethyl adjacent to an activating group) is 1. The standard InChI is InChI=1S/C23H28N4O4/c1-26(2)22(29)18(15-16-9-5-3-6-10-16)25-21(28)19-20(31-19)23(30)27(14-13-24)17-11-7-4-8-12-17/h3-12,18-20H,13-15,24H2,1-2H3,(H,25,28)/t18-,19-,20-/m0/s1. The second kappa shape index (κ2) is 10.2. The van der Waals surface area contributed by atoms with Crippen molar-refractivity contribution in [2.45, 2.75) is 24.7 Å². The lowest BCUT2D eigenvalue weighted by molar-refractivity contribution is -0.134. The number of nitrogens with two attached hydrogens (primary N) is 1. The van der Waals surface area contributed by atoms with Crippen molar-refractivity contribution in [3.8, 4) is 0 Å². The van der Waals surface area contributed by atoms with E-state index < -0.39 is 24.2 Å². The minimum absolute atomic E-state index is 0.227. The minimum Gasteiger partial charge on any atom is -0.349 e. The predicted octanol–water partition coefficient (Wildman–Crippen LogP) is 0.561. The fraction of sp³-hybridized carbons (Fsp3) is 0.348. The van der Waals surface area contributed by atoms with Gasteiger partial charge in [0.05, 0.1) is 0 Å². The number of carbonyl (C=O) groups is 3. The molecule has 0 unspecified atom stereocenters. The van der Waals surface area contributed by atoms with Crippen LogP contribution in [0.1, 0.15) is 5.56 Å². The topological polar surface area (TPSA) is 108 Å². The highest BCUT2D eigenvalue weighted by Gasteiger charge is 2.52. The van der Waals surface area contributed by atoms with Gasteiger partial charge in [-0.25, -0.2) is 0 Å². The molecule has 1 heterocycles. The number of rotatable bonds is 9. The number of nitrogens with zero attached hydrogens (tertiary/aromatic N) is 2. The first-order chi connectivity index (χ1) is 14.9. The lowest BCUT2D eigenvalue weighted by atomic mass is 10.0. The van der Waals surface area contributed by atoms with Gasteiger partial charge in [-0.15, -0.1) is 0 Å². The van der Waals surface area contributed by atoms with E-state index in [4.69, 9.17) is 10.5 Å². The Bertz CT molecular complexity index is 904. The molecule has 1 saturated heterocycles. The van der Waals surface area contributed by atoms with E-state index in [0.29, 0.717) is 18.7 Å². The summed E-state index contributed by atoms with van der Waals surface area (Å²) in [6, 6.07) is 17.8. The molecule has 0 aliphatic carbocycles. The molecule has 8 heteroatoms. The minimum atomic E-state index is -0.926. The van der Waals surface area contributed by atoms with Gasteiger partial charge < -0.3 is 25.6 Å². The third kappa shape index (κ3) is 5.68. The number of amides is 3. The van der Waals surface area contributed by atoms with Crippen molar-refractivity contribution in [2.24, 2.45) is 5.73 Å². The van der Waals surface area contributed by atoms with Crippen molar-refractivity contribution in [2.75, 3.05) is 32.1 Å². The van der Waals surface area contributed by atoms with Crippen LogP contribution in [-0.2, 0) is 25.5 Å². The summed E-state index contributed by atoms with van der Waals surface area (Å²) in [6.07, 6.45) is -1.47. The first-order valence-electron chi connectivity index (χ1n) is 10.2. The molecule has 8 nitrogen and oxygen atoms in total. The molecule has 0 spiro atoms. The van der Waals surface area contributed by atoms with E-state index >= 15 is 0 Å². The summed E-state index contributed by atoms with van der Waals surface area (Å²) in [7, 11) is 3.27. The van der Waals surface area contributed by atoms with Crippen molar-refractivity contribution in [1.29, 1.82) is 0 Å². The average molecular weight is 425 g/mol. The van der Waals surface area contributed by atoms with Gasteiger partial charge in [-0.05, 0) is 17.7 Å². The maximum absolute atomic E-state index is 12.9. The van der Waals surface area contributed by atoms with Crippen molar-refractivity contribution >= 4 is 23.4 Å². The van der Waals surface area contributed by atoms with Gasteiger partial charge in [-0.2, -0.15) is 0 Å². The third-order valence-electron chi connectivity index (χ3n) is 5.02. The SMILES string of the molecule is CN(C)C(=O)[C@H](Cc1ccccc1)NC(=O)[C@H]1O[C@@H]1C(=O)N(CCN)c1ccccc1. The van der Waals surface area contributed by atoms with Crippen LogP contribution in [0, 0.1) is 0 Å². The number of epoxide rings is 1. The van der Waals surface area contributed by atoms with Gasteiger partial charge >= 0.3 is 0 Å². The highest BCUT2D eigenvalue weighted by Crippen LogP contribution is 2.27. The molecule has 31 heavy (non-hydrogen) atoms. The Hall–Kier alpha value is -3.23. The third-order valence-corrected chi connectivity index (χ3v) is 5.02. The van der Waals surface area contributed by atoms with Crippen LogP contribution in [0.4, 0.5) is 5.69 Å². The monoisotopic (exact) mass is 424 g/mol.